The van der Waals surface area contributed by atoms with E-state index in [0.717, 1.165) is 0 Å². The van der Waals surface area contributed by atoms with Crippen molar-refractivity contribution in [1.82, 2.24) is 0 Å². The molecule has 4 nitrogen and oxygen atoms in total. The van der Waals surface area contributed by atoms with Gasteiger partial charge in [-0.05, 0) is 0 Å². The maximum absolute atomic E-state index is 7.33. The molecule has 0 unspecified atom stereocenters. The third-order valence-electron chi connectivity index (χ3n) is 0. The fourth-order valence-corrected chi connectivity index (χ4v) is 0. The van der Waals surface area contributed by atoms with Crippen molar-refractivity contribution < 1.29 is 57.4 Å². The first kappa shape index (κ1) is 15.9. The second kappa shape index (κ2) is 5.99. The summed E-state index contributed by atoms with van der Waals surface area (Å²) in [5.74, 6) is 0. The molecule has 0 fully saturated rings. The molecule has 0 heterocycles. The van der Waals surface area contributed by atoms with Crippen molar-refractivity contribution in [3.8, 4) is 0 Å². The molecule has 0 aromatic rings. The minimum absolute atomic E-state index is 0. The molecule has 0 bridgehead atoms. The summed E-state index contributed by atoms with van der Waals surface area (Å²) < 4.78 is 0. The molecule has 48 valence electrons. The zero-order valence-electron chi connectivity index (χ0n) is 2.61. The van der Waals surface area contributed by atoms with Crippen LogP contribution in [-0.4, -0.2) is 45.6 Å². The summed E-state index contributed by atoms with van der Waals surface area (Å²) in [5, 5.41) is 0. The Morgan fingerprint density at radius 1 is 0.857 bits per heavy atom. The van der Waals surface area contributed by atoms with E-state index in [1.165, 1.54) is 0 Å². The molecule has 0 aliphatic heterocycles. The fraction of sp³-hybridized carbons (Fsp3) is 0. The van der Waals surface area contributed by atoms with Crippen LogP contribution in [0.5, 0.6) is 0 Å². The van der Waals surface area contributed by atoms with Crippen molar-refractivity contribution >= 4 is 26.4 Å². The first-order valence-electron chi connectivity index (χ1n) is 0.894. The van der Waals surface area contributed by atoms with Crippen molar-refractivity contribution in [2.45, 2.75) is 0 Å². The van der Waals surface area contributed by atoms with Gasteiger partial charge in [0.2, 0.25) is 0 Å². The fourth-order valence-electron chi connectivity index (χ4n) is 0. The molecule has 0 aromatic carbocycles. The number of hydrogen-bond acceptors (Lipinski definition) is 4. The summed E-state index contributed by atoms with van der Waals surface area (Å²) >= 11 is 0. The molecule has 0 atom stereocenters. The van der Waals surface area contributed by atoms with E-state index in [-0.39, 0.29) is 55.5 Å². The molecule has 0 aliphatic carbocycles. The van der Waals surface area contributed by atoms with Gasteiger partial charge in [-0.25, -0.2) is 0 Å². The molecule has 0 rings (SSSR count). The van der Waals surface area contributed by atoms with Crippen LogP contribution in [0.25, 0.3) is 0 Å². The summed E-state index contributed by atoms with van der Waals surface area (Å²) in [4.78, 5) is 29.3. The summed E-state index contributed by atoms with van der Waals surface area (Å²) in [5.41, 5.74) is 0. The van der Waals surface area contributed by atoms with Gasteiger partial charge >= 0.3 is 9.05 Å². The summed E-state index contributed by atoms with van der Waals surface area (Å²) in [6.07, 6.45) is 0. The Morgan fingerprint density at radius 3 is 0.857 bits per heavy atom. The first-order valence-corrected chi connectivity index (χ1v) is 2.68. The molecule has 0 radical (unpaired) electrons. The predicted octanol–water partition coefficient (Wildman–Crippen LogP) is -3.79. The van der Waals surface area contributed by atoms with E-state index in [9.17, 15) is 0 Å². The zero-order valence-corrected chi connectivity index (χ0v) is 5.63. The molecular weight excluding hydrogens is 282 g/mol. The van der Waals surface area contributed by atoms with Crippen LogP contribution in [-0.2, 0) is 0 Å². The van der Waals surface area contributed by atoms with E-state index in [1.54, 1.807) is 0 Å². The van der Waals surface area contributed by atoms with Crippen molar-refractivity contribution in [2.75, 3.05) is 0 Å². The van der Waals surface area contributed by atoms with E-state index < -0.39 is 9.05 Å². The van der Waals surface area contributed by atoms with E-state index >= 15 is 0 Å². The van der Waals surface area contributed by atoms with Crippen molar-refractivity contribution in [3.05, 3.63) is 0 Å². The number of hydrogen-bond donors (Lipinski definition) is 4. The maximum atomic E-state index is 7.33. The molecule has 7 heteroatoms. The quantitative estimate of drug-likeness (QED) is 0.345. The Labute approximate surface area is 82.8 Å². The van der Waals surface area contributed by atoms with E-state index in [4.69, 9.17) is 19.2 Å². The second-order valence-electron chi connectivity index (χ2n) is 0.600. The van der Waals surface area contributed by atoms with Crippen LogP contribution in [0.3, 0.4) is 0 Å². The van der Waals surface area contributed by atoms with Crippen LogP contribution in [0.15, 0.2) is 0 Å². The average molecular weight is 289 g/mol. The predicted molar refractivity (Wildman–Crippen MR) is 24.6 cm³/mol. The van der Waals surface area contributed by atoms with Crippen LogP contribution in [0, 0.1) is 38.2 Å². The van der Waals surface area contributed by atoms with Crippen LogP contribution < -0.4 is 0 Å². The Kier molecular flexibility index (Phi) is 13.6. The molecule has 0 saturated carbocycles. The van der Waals surface area contributed by atoms with Gasteiger partial charge in [0.05, 0.1) is 0 Å². The Balaban J connectivity index is -0.0000000800. The topological polar surface area (TPSA) is 80.9 Å². The van der Waals surface area contributed by atoms with Crippen LogP contribution >= 0.6 is 0 Å². The van der Waals surface area contributed by atoms with Crippen molar-refractivity contribution in [2.24, 2.45) is 0 Å². The minimum atomic E-state index is -4.61. The normalized spacial score (nSPS) is 8.57. The molecule has 4 N–H and O–H groups in total. The molecule has 7 heavy (non-hydrogen) atoms. The van der Waals surface area contributed by atoms with Crippen LogP contribution in [0.2, 0.25) is 0 Å². The molecule has 0 aromatic heterocycles. The average Bonchev–Trinajstić information content (AvgIpc) is 0.722. The van der Waals surface area contributed by atoms with Crippen molar-refractivity contribution in [3.63, 3.8) is 0 Å². The van der Waals surface area contributed by atoms with Gasteiger partial charge in [-0.1, -0.05) is 0 Å². The van der Waals surface area contributed by atoms with E-state index in [0.29, 0.717) is 0 Å². The largest absolute Gasteiger partial charge is 0.668 e. The van der Waals surface area contributed by atoms with Crippen molar-refractivity contribution in [1.29, 1.82) is 0 Å². The van der Waals surface area contributed by atoms with E-state index in [2.05, 4.69) is 0 Å². The summed E-state index contributed by atoms with van der Waals surface area (Å²) in [6.45, 7) is 0. The van der Waals surface area contributed by atoms with Gasteiger partial charge in [0.15, 0.2) is 17.4 Å². The van der Waals surface area contributed by atoms with Gasteiger partial charge in [-0.15, -0.1) is 0 Å². The zero-order chi connectivity index (χ0) is 4.50. The standard InChI is InChI=1S/Al.Dy.H4O4Si.3H/c;;1-5(2,3)4;;;/h;;1-4H;;;. The van der Waals surface area contributed by atoms with Crippen LogP contribution in [0.4, 0.5) is 0 Å². The number of rotatable bonds is 0. The second-order valence-corrected chi connectivity index (χ2v) is 1.80. The Morgan fingerprint density at radius 2 is 0.857 bits per heavy atom. The van der Waals surface area contributed by atoms with Gasteiger partial charge in [0.25, 0.3) is 0 Å². The molecule has 0 spiro atoms. The molecule has 0 amide bonds. The molecule has 0 aliphatic rings. The Bertz CT molecular complexity index is 27.2. The third kappa shape index (κ3) is 77.9. The summed E-state index contributed by atoms with van der Waals surface area (Å²) in [6, 6.07) is 0. The molecule has 0 saturated heterocycles. The van der Waals surface area contributed by atoms with Gasteiger partial charge in [0, 0.05) is 38.2 Å². The van der Waals surface area contributed by atoms with Crippen LogP contribution in [0.1, 0.15) is 0 Å². The summed E-state index contributed by atoms with van der Waals surface area (Å²) in [7, 11) is -4.61. The van der Waals surface area contributed by atoms with Gasteiger partial charge in [-0.2, -0.15) is 0 Å². The smallest absolute Gasteiger partial charge is 0.368 e. The first-order chi connectivity index (χ1) is 2.00. The van der Waals surface area contributed by atoms with Gasteiger partial charge in [-0.3, -0.25) is 0 Å². The third-order valence-corrected chi connectivity index (χ3v) is 0. The van der Waals surface area contributed by atoms with Gasteiger partial charge < -0.3 is 19.2 Å². The molecular formula is H7AlDyO4Si. The monoisotopic (exact) mass is 290 g/mol. The van der Waals surface area contributed by atoms with Gasteiger partial charge in [0.1, 0.15) is 0 Å². The SMILES string of the molecule is O[Si](O)(O)O.[AlH3].[Dy]. The maximum Gasteiger partial charge on any atom is 0.668 e. The minimum Gasteiger partial charge on any atom is -0.368 e. The van der Waals surface area contributed by atoms with E-state index in [1.807, 2.05) is 0 Å². The Hall–Kier alpha value is 1.86.